The molecule has 1 N–H and O–H groups in total. The molecule has 0 aliphatic carbocycles. The highest BCUT2D eigenvalue weighted by atomic mass is 32.2. The van der Waals surface area contributed by atoms with E-state index in [2.05, 4.69) is 5.32 Å². The largest absolute Gasteiger partial charge is 0.351 e. The Hall–Kier alpha value is -2.29. The molecule has 0 bridgehead atoms. The molecule has 28 heavy (non-hydrogen) atoms. The van der Waals surface area contributed by atoms with Crippen LogP contribution in [-0.2, 0) is 10.0 Å². The molecule has 0 fully saturated rings. The first kappa shape index (κ1) is 20.4. The van der Waals surface area contributed by atoms with Gasteiger partial charge in [-0.05, 0) is 47.8 Å². The number of carbonyl (C=O) groups is 1. The number of benzene rings is 2. The fraction of sp³-hybridized carbons (Fsp3) is 0.150. The highest BCUT2D eigenvalue weighted by Crippen LogP contribution is 2.25. The SMILES string of the molecule is CN(c1ccc(C(=O)NCCSc2ccccc2)cc1)S(=O)(=O)c1cccs1. The molecule has 0 saturated carbocycles. The van der Waals surface area contributed by atoms with E-state index in [4.69, 9.17) is 0 Å². The first-order valence-corrected chi connectivity index (χ1v) is 11.9. The topological polar surface area (TPSA) is 66.5 Å². The van der Waals surface area contributed by atoms with Gasteiger partial charge in [0, 0.05) is 29.8 Å². The molecule has 8 heteroatoms. The van der Waals surface area contributed by atoms with E-state index < -0.39 is 10.0 Å². The Balaban J connectivity index is 1.55. The van der Waals surface area contributed by atoms with Gasteiger partial charge >= 0.3 is 0 Å². The quantitative estimate of drug-likeness (QED) is 0.430. The fourth-order valence-electron chi connectivity index (χ4n) is 2.46. The summed E-state index contributed by atoms with van der Waals surface area (Å²) in [7, 11) is -2.07. The Kier molecular flexibility index (Phi) is 6.77. The Labute approximate surface area is 173 Å². The number of sulfonamides is 1. The summed E-state index contributed by atoms with van der Waals surface area (Å²) in [6, 6.07) is 19.8. The number of hydrogen-bond donors (Lipinski definition) is 1. The Morgan fingerprint density at radius 3 is 2.39 bits per heavy atom. The molecule has 1 aromatic heterocycles. The standard InChI is InChI=1S/C20H20N2O3S3/c1-22(28(24,25)19-8-5-14-27-19)17-11-9-16(10-12-17)20(23)21-13-15-26-18-6-3-2-4-7-18/h2-12,14H,13,15H2,1H3,(H,21,23). The summed E-state index contributed by atoms with van der Waals surface area (Å²) in [5.41, 5.74) is 1.000. The second-order valence-corrected chi connectivity index (χ2v) is 10.2. The molecular formula is C20H20N2O3S3. The third kappa shape index (κ3) is 4.95. The van der Waals surface area contributed by atoms with E-state index in [-0.39, 0.29) is 10.1 Å². The summed E-state index contributed by atoms with van der Waals surface area (Å²) in [4.78, 5) is 13.4. The van der Waals surface area contributed by atoms with Crippen molar-refractivity contribution in [3.63, 3.8) is 0 Å². The molecule has 3 rings (SSSR count). The summed E-state index contributed by atoms with van der Waals surface area (Å²) < 4.78 is 26.6. The Bertz CT molecular complexity index is 1000. The van der Waals surface area contributed by atoms with Gasteiger partial charge in [-0.3, -0.25) is 9.10 Å². The van der Waals surface area contributed by atoms with Crippen LogP contribution in [0.15, 0.2) is 81.2 Å². The van der Waals surface area contributed by atoms with Gasteiger partial charge < -0.3 is 5.32 Å². The zero-order chi connectivity index (χ0) is 20.0. The molecule has 3 aromatic rings. The lowest BCUT2D eigenvalue weighted by molar-refractivity contribution is 0.0956. The van der Waals surface area contributed by atoms with E-state index in [9.17, 15) is 13.2 Å². The van der Waals surface area contributed by atoms with Crippen LogP contribution in [0.1, 0.15) is 10.4 Å². The minimum Gasteiger partial charge on any atom is -0.351 e. The number of amides is 1. The Morgan fingerprint density at radius 2 is 1.75 bits per heavy atom. The number of nitrogens with one attached hydrogen (secondary N) is 1. The van der Waals surface area contributed by atoms with Crippen molar-refractivity contribution < 1.29 is 13.2 Å². The van der Waals surface area contributed by atoms with Crippen LogP contribution in [0.2, 0.25) is 0 Å². The summed E-state index contributed by atoms with van der Waals surface area (Å²) in [6.45, 7) is 0.548. The Morgan fingerprint density at radius 1 is 1.04 bits per heavy atom. The number of thioether (sulfide) groups is 1. The predicted octanol–water partition coefficient (Wildman–Crippen LogP) is 4.10. The van der Waals surface area contributed by atoms with Gasteiger partial charge in [-0.1, -0.05) is 24.3 Å². The monoisotopic (exact) mass is 432 g/mol. The van der Waals surface area contributed by atoms with E-state index in [1.54, 1.807) is 53.5 Å². The molecule has 0 aliphatic rings. The molecule has 0 aliphatic heterocycles. The van der Waals surface area contributed by atoms with E-state index in [1.165, 1.54) is 22.7 Å². The van der Waals surface area contributed by atoms with Crippen LogP contribution in [0, 0.1) is 0 Å². The van der Waals surface area contributed by atoms with Crippen molar-refractivity contribution in [3.8, 4) is 0 Å². The van der Waals surface area contributed by atoms with Crippen LogP contribution in [0.4, 0.5) is 5.69 Å². The average molecular weight is 433 g/mol. The summed E-state index contributed by atoms with van der Waals surface area (Å²) in [5.74, 6) is 0.597. The van der Waals surface area contributed by atoms with Crippen LogP contribution in [0.25, 0.3) is 0 Å². The normalized spacial score (nSPS) is 11.2. The molecule has 0 radical (unpaired) electrons. The van der Waals surface area contributed by atoms with Crippen LogP contribution in [0.5, 0.6) is 0 Å². The van der Waals surface area contributed by atoms with E-state index in [0.717, 1.165) is 10.6 Å². The van der Waals surface area contributed by atoms with Crippen molar-refractivity contribution in [3.05, 3.63) is 77.7 Å². The van der Waals surface area contributed by atoms with Gasteiger partial charge in [-0.2, -0.15) is 0 Å². The number of carbonyl (C=O) groups excluding carboxylic acids is 1. The van der Waals surface area contributed by atoms with Crippen LogP contribution >= 0.6 is 23.1 Å². The molecule has 0 spiro atoms. The summed E-state index contributed by atoms with van der Waals surface area (Å²) >= 11 is 2.85. The fourth-order valence-corrected chi connectivity index (χ4v) is 5.60. The van der Waals surface area contributed by atoms with Crippen LogP contribution < -0.4 is 9.62 Å². The maximum Gasteiger partial charge on any atom is 0.273 e. The maximum atomic E-state index is 12.6. The second-order valence-electron chi connectivity index (χ2n) is 5.87. The van der Waals surface area contributed by atoms with Crippen LogP contribution in [-0.4, -0.2) is 33.7 Å². The molecular weight excluding hydrogens is 412 g/mol. The first-order chi connectivity index (χ1) is 13.5. The summed E-state index contributed by atoms with van der Waals surface area (Å²) in [5, 5.41) is 4.61. The predicted molar refractivity (Wildman–Crippen MR) is 116 cm³/mol. The first-order valence-electron chi connectivity index (χ1n) is 8.57. The molecule has 146 valence electrons. The lowest BCUT2D eigenvalue weighted by atomic mass is 10.2. The number of rotatable bonds is 8. The van der Waals surface area contributed by atoms with Gasteiger partial charge in [0.15, 0.2) is 0 Å². The van der Waals surface area contributed by atoms with Gasteiger partial charge in [0.2, 0.25) is 0 Å². The van der Waals surface area contributed by atoms with E-state index in [1.807, 2.05) is 30.3 Å². The molecule has 0 unspecified atom stereocenters. The average Bonchev–Trinajstić information content (AvgIpc) is 3.27. The summed E-state index contributed by atoms with van der Waals surface area (Å²) in [6.07, 6.45) is 0. The van der Waals surface area contributed by atoms with Crippen molar-refractivity contribution in [2.45, 2.75) is 9.10 Å². The smallest absolute Gasteiger partial charge is 0.273 e. The number of anilines is 1. The molecule has 0 atom stereocenters. The van der Waals surface area contributed by atoms with Crippen molar-refractivity contribution in [1.82, 2.24) is 5.32 Å². The van der Waals surface area contributed by atoms with Crippen molar-refractivity contribution >= 4 is 44.7 Å². The minimum atomic E-state index is -3.58. The van der Waals surface area contributed by atoms with Gasteiger partial charge in [0.1, 0.15) is 4.21 Å². The maximum absolute atomic E-state index is 12.6. The number of thiophene rings is 1. The van der Waals surface area contributed by atoms with Crippen LogP contribution in [0.3, 0.4) is 0 Å². The molecule has 1 heterocycles. The van der Waals surface area contributed by atoms with Crippen molar-refractivity contribution in [2.75, 3.05) is 23.7 Å². The lowest BCUT2D eigenvalue weighted by Gasteiger charge is -2.18. The second kappa shape index (κ2) is 9.27. The molecule has 0 saturated heterocycles. The number of hydrogen-bond acceptors (Lipinski definition) is 5. The van der Waals surface area contributed by atoms with Crippen molar-refractivity contribution in [1.29, 1.82) is 0 Å². The van der Waals surface area contributed by atoms with E-state index >= 15 is 0 Å². The van der Waals surface area contributed by atoms with Gasteiger partial charge in [-0.15, -0.1) is 23.1 Å². The highest BCUT2D eigenvalue weighted by molar-refractivity contribution is 7.99. The van der Waals surface area contributed by atoms with E-state index in [0.29, 0.717) is 17.8 Å². The molecule has 5 nitrogen and oxygen atoms in total. The lowest BCUT2D eigenvalue weighted by Crippen LogP contribution is -2.27. The van der Waals surface area contributed by atoms with Crippen molar-refractivity contribution in [2.24, 2.45) is 0 Å². The number of nitrogens with zero attached hydrogens (tertiary/aromatic N) is 1. The molecule has 2 aromatic carbocycles. The van der Waals surface area contributed by atoms with Gasteiger partial charge in [-0.25, -0.2) is 8.42 Å². The van der Waals surface area contributed by atoms with Gasteiger partial charge in [0.25, 0.3) is 15.9 Å². The zero-order valence-electron chi connectivity index (χ0n) is 15.2. The van der Waals surface area contributed by atoms with Gasteiger partial charge in [0.05, 0.1) is 5.69 Å². The zero-order valence-corrected chi connectivity index (χ0v) is 17.7. The molecule has 1 amide bonds. The third-order valence-corrected chi connectivity index (χ3v) is 8.17. The third-order valence-electron chi connectivity index (χ3n) is 4.00. The minimum absolute atomic E-state index is 0.177. The highest BCUT2D eigenvalue weighted by Gasteiger charge is 2.22.